The summed E-state index contributed by atoms with van der Waals surface area (Å²) < 4.78 is 0. The van der Waals surface area contributed by atoms with Gasteiger partial charge in [-0.25, -0.2) is 4.98 Å². The molecule has 3 N–H and O–H groups in total. The summed E-state index contributed by atoms with van der Waals surface area (Å²) in [6.07, 6.45) is 1.24. The van der Waals surface area contributed by atoms with Crippen molar-refractivity contribution in [3.05, 3.63) is 23.0 Å². The van der Waals surface area contributed by atoms with E-state index in [1.807, 2.05) is 0 Å². The highest BCUT2D eigenvalue weighted by Gasteiger charge is 2.09. The predicted molar refractivity (Wildman–Crippen MR) is 45.0 cm³/mol. The Kier molecular flexibility index (Phi) is 2.50. The van der Waals surface area contributed by atoms with Gasteiger partial charge in [-0.05, 0) is 6.07 Å². The van der Waals surface area contributed by atoms with Crippen LogP contribution < -0.4 is 5.73 Å². The molecule has 0 aliphatic carbocycles. The monoisotopic (exact) mass is 186 g/mol. The van der Waals surface area contributed by atoms with Crippen LogP contribution in [0.25, 0.3) is 0 Å². The zero-order valence-corrected chi connectivity index (χ0v) is 6.88. The zero-order chi connectivity index (χ0) is 9.14. The molecular weight excluding hydrogens is 180 g/mol. The van der Waals surface area contributed by atoms with E-state index in [9.17, 15) is 4.79 Å². The number of nitrogen functional groups attached to an aromatic ring is 1. The summed E-state index contributed by atoms with van der Waals surface area (Å²) >= 11 is 5.62. The van der Waals surface area contributed by atoms with Gasteiger partial charge in [0.2, 0.25) is 0 Å². The van der Waals surface area contributed by atoms with E-state index in [0.29, 0.717) is 11.3 Å². The summed E-state index contributed by atoms with van der Waals surface area (Å²) in [4.78, 5) is 14.0. The third-order valence-electron chi connectivity index (χ3n) is 1.37. The van der Waals surface area contributed by atoms with Crippen molar-refractivity contribution in [3.8, 4) is 0 Å². The summed E-state index contributed by atoms with van der Waals surface area (Å²) in [6.45, 7) is 0. The molecule has 0 atom stereocenters. The molecule has 1 rings (SSSR count). The van der Waals surface area contributed by atoms with Crippen molar-refractivity contribution in [3.63, 3.8) is 0 Å². The number of carboxylic acids is 1. The maximum Gasteiger partial charge on any atom is 0.308 e. The van der Waals surface area contributed by atoms with Gasteiger partial charge < -0.3 is 10.8 Å². The van der Waals surface area contributed by atoms with Gasteiger partial charge in [0.05, 0.1) is 6.42 Å². The number of rotatable bonds is 2. The fourth-order valence-electron chi connectivity index (χ4n) is 0.807. The third-order valence-corrected chi connectivity index (χ3v) is 1.69. The van der Waals surface area contributed by atoms with E-state index >= 15 is 0 Å². The van der Waals surface area contributed by atoms with Crippen LogP contribution in [0.2, 0.25) is 5.15 Å². The van der Waals surface area contributed by atoms with E-state index < -0.39 is 5.97 Å². The Bertz CT molecular complexity index is 294. The Hall–Kier alpha value is -1.29. The molecule has 1 heterocycles. The predicted octanol–water partition coefficient (Wildman–Crippen LogP) is 0.944. The molecule has 12 heavy (non-hydrogen) atoms. The molecule has 5 heteroatoms. The van der Waals surface area contributed by atoms with Gasteiger partial charge in [-0.2, -0.15) is 0 Å². The fourth-order valence-corrected chi connectivity index (χ4v) is 1.04. The molecule has 0 saturated carbocycles. The van der Waals surface area contributed by atoms with Crippen molar-refractivity contribution in [2.75, 3.05) is 5.73 Å². The summed E-state index contributed by atoms with van der Waals surface area (Å²) in [5, 5.41) is 8.62. The van der Waals surface area contributed by atoms with Gasteiger partial charge in [0.1, 0.15) is 5.15 Å². The summed E-state index contributed by atoms with van der Waals surface area (Å²) in [6, 6.07) is 1.52. The molecule has 0 saturated heterocycles. The van der Waals surface area contributed by atoms with Gasteiger partial charge in [0, 0.05) is 17.4 Å². The maximum absolute atomic E-state index is 10.3. The Morgan fingerprint density at radius 2 is 2.42 bits per heavy atom. The summed E-state index contributed by atoms with van der Waals surface area (Å²) in [7, 11) is 0. The second kappa shape index (κ2) is 3.40. The van der Waals surface area contributed by atoms with Crippen molar-refractivity contribution in [1.82, 2.24) is 4.98 Å². The molecule has 0 unspecified atom stereocenters. The lowest BCUT2D eigenvalue weighted by Gasteiger charge is -2.02. The molecule has 0 bridgehead atoms. The molecule has 64 valence electrons. The molecule has 0 aliphatic heterocycles. The Morgan fingerprint density at radius 1 is 1.75 bits per heavy atom. The highest BCUT2D eigenvalue weighted by molar-refractivity contribution is 6.30. The maximum atomic E-state index is 10.3. The number of carboxylic acid groups (broad SMARTS) is 1. The largest absolute Gasteiger partial charge is 0.481 e. The lowest BCUT2D eigenvalue weighted by atomic mass is 10.2. The molecule has 4 nitrogen and oxygen atoms in total. The Labute approximate surface area is 74.0 Å². The van der Waals surface area contributed by atoms with Gasteiger partial charge in [-0.15, -0.1) is 0 Å². The lowest BCUT2D eigenvalue weighted by molar-refractivity contribution is -0.136. The number of anilines is 1. The van der Waals surface area contributed by atoms with Gasteiger partial charge in [-0.3, -0.25) is 4.79 Å². The van der Waals surface area contributed by atoms with Crippen LogP contribution in [-0.2, 0) is 11.2 Å². The summed E-state index contributed by atoms with van der Waals surface area (Å²) in [5.74, 6) is -0.975. The van der Waals surface area contributed by atoms with Gasteiger partial charge in [-0.1, -0.05) is 11.6 Å². The average molecular weight is 187 g/mol. The van der Waals surface area contributed by atoms with E-state index in [-0.39, 0.29) is 11.6 Å². The number of halogens is 1. The first-order valence-corrected chi connectivity index (χ1v) is 3.59. The number of aromatic nitrogens is 1. The fraction of sp³-hybridized carbons (Fsp3) is 0.143. The van der Waals surface area contributed by atoms with Crippen LogP contribution in [0, 0.1) is 0 Å². The zero-order valence-electron chi connectivity index (χ0n) is 6.12. The first-order chi connectivity index (χ1) is 5.61. The minimum absolute atomic E-state index is 0.150. The van der Waals surface area contributed by atoms with Crippen LogP contribution in [-0.4, -0.2) is 16.1 Å². The van der Waals surface area contributed by atoms with E-state index in [1.165, 1.54) is 12.3 Å². The number of hydrogen-bond donors (Lipinski definition) is 2. The smallest absolute Gasteiger partial charge is 0.308 e. The van der Waals surface area contributed by atoms with Crippen LogP contribution in [0.5, 0.6) is 0 Å². The Morgan fingerprint density at radius 3 is 2.92 bits per heavy atom. The van der Waals surface area contributed by atoms with Crippen molar-refractivity contribution in [1.29, 1.82) is 0 Å². The molecule has 1 aromatic rings. The summed E-state index contributed by atoms with van der Waals surface area (Å²) in [5.41, 5.74) is 6.21. The highest BCUT2D eigenvalue weighted by Crippen LogP contribution is 2.19. The normalized spacial score (nSPS) is 9.75. The Balaban J connectivity index is 3.04. The van der Waals surface area contributed by atoms with Crippen LogP contribution in [0.4, 0.5) is 5.69 Å². The first kappa shape index (κ1) is 8.80. The second-order valence-electron chi connectivity index (χ2n) is 2.24. The molecule has 0 aromatic carbocycles. The number of aliphatic carboxylic acids is 1. The molecular formula is C7H7ClN2O2. The number of hydrogen-bond acceptors (Lipinski definition) is 3. The lowest BCUT2D eigenvalue weighted by Crippen LogP contribution is -2.05. The molecule has 0 amide bonds. The standard InChI is InChI=1S/C7H7ClN2O2/c8-7-4(3-6(11)12)5(9)1-2-10-7/h1-2H,3H2,(H2,9,10)(H,11,12). The van der Waals surface area contributed by atoms with E-state index in [0.717, 1.165) is 0 Å². The topological polar surface area (TPSA) is 76.2 Å². The minimum atomic E-state index is -0.975. The third kappa shape index (κ3) is 1.85. The van der Waals surface area contributed by atoms with Crippen LogP contribution in [0.1, 0.15) is 5.56 Å². The SMILES string of the molecule is Nc1ccnc(Cl)c1CC(=O)O. The number of pyridine rings is 1. The molecule has 0 fully saturated rings. The van der Waals surface area contributed by atoms with Crippen LogP contribution in [0.3, 0.4) is 0 Å². The van der Waals surface area contributed by atoms with Crippen molar-refractivity contribution < 1.29 is 9.90 Å². The molecule has 1 aromatic heterocycles. The van der Waals surface area contributed by atoms with E-state index in [1.54, 1.807) is 0 Å². The van der Waals surface area contributed by atoms with Crippen molar-refractivity contribution in [2.24, 2.45) is 0 Å². The van der Waals surface area contributed by atoms with E-state index in [4.69, 9.17) is 22.4 Å². The molecule has 0 aliphatic rings. The van der Waals surface area contributed by atoms with E-state index in [2.05, 4.69) is 4.98 Å². The molecule has 0 spiro atoms. The van der Waals surface area contributed by atoms with Crippen LogP contribution in [0.15, 0.2) is 12.3 Å². The van der Waals surface area contributed by atoms with Crippen molar-refractivity contribution in [2.45, 2.75) is 6.42 Å². The highest BCUT2D eigenvalue weighted by atomic mass is 35.5. The quantitative estimate of drug-likeness (QED) is 0.674. The second-order valence-corrected chi connectivity index (χ2v) is 2.60. The molecule has 0 radical (unpaired) electrons. The van der Waals surface area contributed by atoms with Crippen LogP contribution >= 0.6 is 11.6 Å². The van der Waals surface area contributed by atoms with Crippen molar-refractivity contribution >= 4 is 23.3 Å². The number of nitrogens with zero attached hydrogens (tertiary/aromatic N) is 1. The average Bonchev–Trinajstić information content (AvgIpc) is 1.97. The first-order valence-electron chi connectivity index (χ1n) is 3.22. The van der Waals surface area contributed by atoms with Gasteiger partial charge in [0.25, 0.3) is 0 Å². The van der Waals surface area contributed by atoms with Gasteiger partial charge in [0.15, 0.2) is 0 Å². The number of nitrogens with two attached hydrogens (primary N) is 1. The number of carbonyl (C=O) groups is 1. The van der Waals surface area contributed by atoms with Gasteiger partial charge >= 0.3 is 5.97 Å². The minimum Gasteiger partial charge on any atom is -0.481 e.